The van der Waals surface area contributed by atoms with E-state index in [-0.39, 0.29) is 0 Å². The van der Waals surface area contributed by atoms with E-state index < -0.39 is 0 Å². The van der Waals surface area contributed by atoms with Gasteiger partial charge in [0.1, 0.15) is 12.4 Å². The molecule has 0 radical (unpaired) electrons. The molecular weight excluding hydrogens is 322 g/mol. The SMILES string of the molecule is BrCCCNCCOc1cccc(Br)c1. The molecule has 1 N–H and O–H groups in total. The molecule has 0 aromatic heterocycles. The number of benzene rings is 1. The molecule has 0 saturated carbocycles. The van der Waals surface area contributed by atoms with Gasteiger partial charge in [-0.25, -0.2) is 0 Å². The Balaban J connectivity index is 2.10. The Morgan fingerprint density at radius 2 is 2.13 bits per heavy atom. The van der Waals surface area contributed by atoms with Gasteiger partial charge in [0.05, 0.1) is 0 Å². The van der Waals surface area contributed by atoms with Crippen molar-refractivity contribution in [2.75, 3.05) is 25.0 Å². The van der Waals surface area contributed by atoms with Crippen molar-refractivity contribution in [3.8, 4) is 5.75 Å². The topological polar surface area (TPSA) is 21.3 Å². The molecule has 0 bridgehead atoms. The van der Waals surface area contributed by atoms with Gasteiger partial charge < -0.3 is 10.1 Å². The minimum absolute atomic E-state index is 0.707. The van der Waals surface area contributed by atoms with Gasteiger partial charge in [-0.1, -0.05) is 37.9 Å². The van der Waals surface area contributed by atoms with Crippen LogP contribution >= 0.6 is 31.9 Å². The molecule has 0 aliphatic rings. The lowest BCUT2D eigenvalue weighted by Gasteiger charge is -2.07. The predicted molar refractivity (Wildman–Crippen MR) is 70.9 cm³/mol. The average Bonchev–Trinajstić information content (AvgIpc) is 2.23. The average molecular weight is 337 g/mol. The molecule has 0 saturated heterocycles. The van der Waals surface area contributed by atoms with Crippen LogP contribution in [-0.2, 0) is 0 Å². The Labute approximate surface area is 108 Å². The third-order valence-electron chi connectivity index (χ3n) is 1.83. The van der Waals surface area contributed by atoms with Crippen molar-refractivity contribution in [1.82, 2.24) is 5.32 Å². The summed E-state index contributed by atoms with van der Waals surface area (Å²) in [5.41, 5.74) is 0. The summed E-state index contributed by atoms with van der Waals surface area (Å²) < 4.78 is 6.61. The highest BCUT2D eigenvalue weighted by molar-refractivity contribution is 9.10. The number of rotatable bonds is 7. The molecule has 0 unspecified atom stereocenters. The smallest absolute Gasteiger partial charge is 0.120 e. The highest BCUT2D eigenvalue weighted by atomic mass is 79.9. The quantitative estimate of drug-likeness (QED) is 0.610. The molecule has 15 heavy (non-hydrogen) atoms. The van der Waals surface area contributed by atoms with Crippen molar-refractivity contribution in [2.24, 2.45) is 0 Å². The van der Waals surface area contributed by atoms with Crippen LogP contribution in [0.4, 0.5) is 0 Å². The van der Waals surface area contributed by atoms with Gasteiger partial charge in [0, 0.05) is 16.3 Å². The zero-order valence-electron chi connectivity index (χ0n) is 8.51. The fourth-order valence-electron chi connectivity index (χ4n) is 1.11. The Morgan fingerprint density at radius 1 is 1.27 bits per heavy atom. The molecule has 0 heterocycles. The lowest BCUT2D eigenvalue weighted by Crippen LogP contribution is -2.22. The minimum atomic E-state index is 0.707. The van der Waals surface area contributed by atoms with Gasteiger partial charge in [-0.3, -0.25) is 0 Å². The number of nitrogens with one attached hydrogen (secondary N) is 1. The lowest BCUT2D eigenvalue weighted by molar-refractivity contribution is 0.314. The van der Waals surface area contributed by atoms with Gasteiger partial charge in [0.25, 0.3) is 0 Å². The molecule has 0 aliphatic heterocycles. The van der Waals surface area contributed by atoms with Crippen molar-refractivity contribution in [3.63, 3.8) is 0 Å². The third-order valence-corrected chi connectivity index (χ3v) is 2.88. The molecule has 2 nitrogen and oxygen atoms in total. The molecular formula is C11H15Br2NO. The fraction of sp³-hybridized carbons (Fsp3) is 0.455. The van der Waals surface area contributed by atoms with E-state index in [2.05, 4.69) is 37.2 Å². The van der Waals surface area contributed by atoms with Gasteiger partial charge in [-0.15, -0.1) is 0 Å². The predicted octanol–water partition coefficient (Wildman–Crippen LogP) is 3.20. The summed E-state index contributed by atoms with van der Waals surface area (Å²) in [5, 5.41) is 4.35. The number of halogens is 2. The second kappa shape index (κ2) is 8.13. The highest BCUT2D eigenvalue weighted by Gasteiger charge is 1.93. The molecule has 0 fully saturated rings. The summed E-state index contributed by atoms with van der Waals surface area (Å²) in [5.74, 6) is 0.909. The number of hydrogen-bond acceptors (Lipinski definition) is 2. The molecule has 0 spiro atoms. The van der Waals surface area contributed by atoms with Crippen LogP contribution in [0.25, 0.3) is 0 Å². The van der Waals surface area contributed by atoms with E-state index in [1.807, 2.05) is 24.3 Å². The molecule has 0 atom stereocenters. The first-order chi connectivity index (χ1) is 7.33. The molecule has 0 amide bonds. The van der Waals surface area contributed by atoms with E-state index in [1.54, 1.807) is 0 Å². The second-order valence-electron chi connectivity index (χ2n) is 3.10. The normalized spacial score (nSPS) is 10.3. The van der Waals surface area contributed by atoms with Gasteiger partial charge >= 0.3 is 0 Å². The van der Waals surface area contributed by atoms with Crippen LogP contribution in [0.5, 0.6) is 5.75 Å². The third kappa shape index (κ3) is 6.17. The van der Waals surface area contributed by atoms with Crippen LogP contribution in [-0.4, -0.2) is 25.0 Å². The number of hydrogen-bond donors (Lipinski definition) is 1. The fourth-order valence-corrected chi connectivity index (χ4v) is 1.77. The molecule has 1 aromatic rings. The van der Waals surface area contributed by atoms with Crippen molar-refractivity contribution < 1.29 is 4.74 Å². The van der Waals surface area contributed by atoms with E-state index in [1.165, 1.54) is 0 Å². The maximum absolute atomic E-state index is 5.56. The van der Waals surface area contributed by atoms with Crippen LogP contribution in [0, 0.1) is 0 Å². The van der Waals surface area contributed by atoms with Crippen molar-refractivity contribution >= 4 is 31.9 Å². The van der Waals surface area contributed by atoms with Gasteiger partial charge in [0.15, 0.2) is 0 Å². The maximum Gasteiger partial charge on any atom is 0.120 e. The van der Waals surface area contributed by atoms with Crippen molar-refractivity contribution in [1.29, 1.82) is 0 Å². The molecule has 1 rings (SSSR count). The van der Waals surface area contributed by atoms with E-state index in [4.69, 9.17) is 4.74 Å². The Kier molecular flexibility index (Phi) is 7.05. The molecule has 4 heteroatoms. The summed E-state index contributed by atoms with van der Waals surface area (Å²) in [6.07, 6.45) is 1.15. The minimum Gasteiger partial charge on any atom is -0.492 e. The first-order valence-corrected chi connectivity index (χ1v) is 6.89. The molecule has 0 aliphatic carbocycles. The van der Waals surface area contributed by atoms with Gasteiger partial charge in [0.2, 0.25) is 0 Å². The Morgan fingerprint density at radius 3 is 2.87 bits per heavy atom. The van der Waals surface area contributed by atoms with E-state index in [9.17, 15) is 0 Å². The van der Waals surface area contributed by atoms with Gasteiger partial charge in [-0.05, 0) is 31.2 Å². The molecule has 84 valence electrons. The van der Waals surface area contributed by atoms with E-state index in [0.717, 1.165) is 35.1 Å². The van der Waals surface area contributed by atoms with Crippen LogP contribution in [0.15, 0.2) is 28.7 Å². The first-order valence-electron chi connectivity index (χ1n) is 4.98. The number of alkyl halides is 1. The monoisotopic (exact) mass is 335 g/mol. The Bertz CT molecular complexity index is 281. The summed E-state index contributed by atoms with van der Waals surface area (Å²) in [4.78, 5) is 0. The van der Waals surface area contributed by atoms with E-state index in [0.29, 0.717) is 6.61 Å². The number of ether oxygens (including phenoxy) is 1. The van der Waals surface area contributed by atoms with Gasteiger partial charge in [-0.2, -0.15) is 0 Å². The zero-order chi connectivity index (χ0) is 10.9. The van der Waals surface area contributed by atoms with Crippen LogP contribution < -0.4 is 10.1 Å². The van der Waals surface area contributed by atoms with Crippen molar-refractivity contribution in [3.05, 3.63) is 28.7 Å². The summed E-state index contributed by atoms with van der Waals surface area (Å²) in [6.45, 7) is 2.63. The standard InChI is InChI=1S/C11H15Br2NO/c12-5-2-6-14-7-8-15-11-4-1-3-10(13)9-11/h1,3-4,9,14H,2,5-8H2. The van der Waals surface area contributed by atoms with Crippen LogP contribution in [0.2, 0.25) is 0 Å². The van der Waals surface area contributed by atoms with Crippen LogP contribution in [0.1, 0.15) is 6.42 Å². The maximum atomic E-state index is 5.56. The largest absolute Gasteiger partial charge is 0.492 e. The first kappa shape index (κ1) is 13.0. The summed E-state index contributed by atoms with van der Waals surface area (Å²) in [7, 11) is 0. The second-order valence-corrected chi connectivity index (χ2v) is 4.81. The van der Waals surface area contributed by atoms with Crippen molar-refractivity contribution in [2.45, 2.75) is 6.42 Å². The highest BCUT2D eigenvalue weighted by Crippen LogP contribution is 2.17. The summed E-state index contributed by atoms with van der Waals surface area (Å²) in [6, 6.07) is 7.89. The summed E-state index contributed by atoms with van der Waals surface area (Å²) >= 11 is 6.79. The Hall–Kier alpha value is -0.0600. The lowest BCUT2D eigenvalue weighted by atomic mass is 10.3. The molecule has 1 aromatic carbocycles. The van der Waals surface area contributed by atoms with Crippen LogP contribution in [0.3, 0.4) is 0 Å². The zero-order valence-corrected chi connectivity index (χ0v) is 11.7. The van der Waals surface area contributed by atoms with E-state index >= 15 is 0 Å².